The monoisotopic (exact) mass is 367 g/mol. The second-order valence-corrected chi connectivity index (χ2v) is 6.85. The zero-order valence-corrected chi connectivity index (χ0v) is 13.5. The lowest BCUT2D eigenvalue weighted by molar-refractivity contribution is 0.0602. The third-order valence-electron chi connectivity index (χ3n) is 2.20. The maximum Gasteiger partial charge on any atom is 0.349 e. The number of hydrogen-bond donors (Lipinski definition) is 1. The molecule has 0 saturated carbocycles. The molecule has 0 atom stereocenters. The second kappa shape index (κ2) is 6.14. The Labute approximate surface area is 133 Å². The molecule has 7 nitrogen and oxygen atoms in total. The van der Waals surface area contributed by atoms with Gasteiger partial charge in [-0.3, -0.25) is 4.72 Å². The quantitative estimate of drug-likeness (QED) is 0.506. The predicted octanol–water partition coefficient (Wildman–Crippen LogP) is 2.43. The number of thiophene rings is 1. The summed E-state index contributed by atoms with van der Waals surface area (Å²) in [4.78, 5) is 18.6. The minimum absolute atomic E-state index is 0.0220. The van der Waals surface area contributed by atoms with Crippen molar-refractivity contribution in [1.29, 1.82) is 0 Å². The summed E-state index contributed by atoms with van der Waals surface area (Å²) >= 11 is 12.2. The number of aromatic nitrogens is 2. The van der Waals surface area contributed by atoms with E-state index in [1.165, 1.54) is 17.5 Å². The van der Waals surface area contributed by atoms with Gasteiger partial charge in [-0.2, -0.15) is 4.98 Å². The van der Waals surface area contributed by atoms with E-state index in [1.807, 2.05) is 0 Å². The molecule has 0 aliphatic carbocycles. The third kappa shape index (κ3) is 3.62. The summed E-state index contributed by atoms with van der Waals surface area (Å²) in [5, 5.41) is 1.23. The molecule has 0 aromatic carbocycles. The van der Waals surface area contributed by atoms with Crippen molar-refractivity contribution in [2.75, 3.05) is 11.8 Å². The lowest BCUT2D eigenvalue weighted by atomic mass is 10.5. The van der Waals surface area contributed by atoms with E-state index < -0.39 is 16.0 Å². The number of nitrogens with one attached hydrogen (secondary N) is 1. The van der Waals surface area contributed by atoms with Gasteiger partial charge in [0, 0.05) is 6.07 Å². The summed E-state index contributed by atoms with van der Waals surface area (Å²) in [6.45, 7) is 0. The Kier molecular flexibility index (Phi) is 4.67. The van der Waals surface area contributed by atoms with Crippen LogP contribution in [0.1, 0.15) is 9.67 Å². The topological polar surface area (TPSA) is 98.2 Å². The molecule has 0 aliphatic heterocycles. The van der Waals surface area contributed by atoms with E-state index >= 15 is 0 Å². The van der Waals surface area contributed by atoms with Crippen LogP contribution in [0.2, 0.25) is 10.4 Å². The summed E-state index contributed by atoms with van der Waals surface area (Å²) in [6.07, 6.45) is 0. The average molecular weight is 368 g/mol. The second-order valence-electron chi connectivity index (χ2n) is 3.56. The fraction of sp³-hybridized carbons (Fsp3) is 0.100. The maximum atomic E-state index is 12.3. The van der Waals surface area contributed by atoms with Crippen LogP contribution in [0.25, 0.3) is 0 Å². The van der Waals surface area contributed by atoms with Gasteiger partial charge in [-0.15, -0.1) is 11.3 Å². The molecule has 0 aliphatic rings. The highest BCUT2D eigenvalue weighted by molar-refractivity contribution is 7.93. The van der Waals surface area contributed by atoms with Crippen LogP contribution < -0.4 is 4.72 Å². The first kappa shape index (κ1) is 16.0. The number of nitrogens with zero attached hydrogens (tertiary/aromatic N) is 2. The van der Waals surface area contributed by atoms with Crippen LogP contribution in [0.15, 0.2) is 22.4 Å². The first-order valence-electron chi connectivity index (χ1n) is 5.22. The molecule has 2 rings (SSSR count). The first-order chi connectivity index (χ1) is 9.83. The fourth-order valence-corrected chi connectivity index (χ4v) is 4.12. The Hall–Kier alpha value is -1.42. The highest BCUT2D eigenvalue weighted by Crippen LogP contribution is 2.25. The molecule has 2 aromatic heterocycles. The molecule has 11 heteroatoms. The molecule has 0 spiro atoms. The highest BCUT2D eigenvalue weighted by Gasteiger charge is 2.25. The van der Waals surface area contributed by atoms with Crippen LogP contribution in [0.4, 0.5) is 5.82 Å². The van der Waals surface area contributed by atoms with Crippen molar-refractivity contribution >= 4 is 56.3 Å². The number of sulfonamides is 1. The number of esters is 1. The Bertz CT molecular complexity index is 771. The van der Waals surface area contributed by atoms with Crippen molar-refractivity contribution in [3.8, 4) is 0 Å². The molecule has 0 fully saturated rings. The van der Waals surface area contributed by atoms with Gasteiger partial charge < -0.3 is 4.74 Å². The SMILES string of the molecule is COC(=O)c1sccc1S(=O)(=O)Nc1cc(Cl)nc(Cl)n1. The van der Waals surface area contributed by atoms with Crippen LogP contribution in [-0.2, 0) is 14.8 Å². The van der Waals surface area contributed by atoms with Crippen LogP contribution in [-0.4, -0.2) is 31.5 Å². The fourth-order valence-electron chi connectivity index (χ4n) is 1.39. The molecular formula is C10H7Cl2N3O4S2. The summed E-state index contributed by atoms with van der Waals surface area (Å²) in [5.74, 6) is -0.855. The number of ether oxygens (including phenoxy) is 1. The molecule has 2 aromatic rings. The predicted molar refractivity (Wildman–Crippen MR) is 78.5 cm³/mol. The Morgan fingerprint density at radius 2 is 2.10 bits per heavy atom. The standard InChI is InChI=1S/C10H7Cl2N3O4S2/c1-19-9(16)8-5(2-3-20-8)21(17,18)15-7-4-6(11)13-10(12)14-7/h2-4H,1H3,(H,13,14,15). The molecule has 0 bridgehead atoms. The summed E-state index contributed by atoms with van der Waals surface area (Å²) in [5.41, 5.74) is 0. The Balaban J connectivity index is 2.39. The van der Waals surface area contributed by atoms with Crippen molar-refractivity contribution in [3.05, 3.63) is 32.8 Å². The zero-order valence-electron chi connectivity index (χ0n) is 10.3. The van der Waals surface area contributed by atoms with Gasteiger partial charge in [0.1, 0.15) is 20.7 Å². The van der Waals surface area contributed by atoms with Gasteiger partial charge in [-0.25, -0.2) is 18.2 Å². The smallest absolute Gasteiger partial charge is 0.349 e. The molecule has 0 radical (unpaired) electrons. The van der Waals surface area contributed by atoms with Gasteiger partial charge in [-0.05, 0) is 23.0 Å². The van der Waals surface area contributed by atoms with E-state index in [4.69, 9.17) is 23.2 Å². The number of halogens is 2. The van der Waals surface area contributed by atoms with Crippen molar-refractivity contribution in [1.82, 2.24) is 9.97 Å². The highest BCUT2D eigenvalue weighted by atomic mass is 35.5. The molecule has 0 amide bonds. The van der Waals surface area contributed by atoms with Crippen LogP contribution in [0, 0.1) is 0 Å². The average Bonchev–Trinajstić information content (AvgIpc) is 2.85. The Morgan fingerprint density at radius 3 is 2.71 bits per heavy atom. The third-order valence-corrected chi connectivity index (χ3v) is 4.98. The summed E-state index contributed by atoms with van der Waals surface area (Å²) < 4.78 is 31.2. The molecule has 112 valence electrons. The normalized spacial score (nSPS) is 11.2. The van der Waals surface area contributed by atoms with Crippen molar-refractivity contribution in [3.63, 3.8) is 0 Å². The van der Waals surface area contributed by atoms with E-state index in [0.29, 0.717) is 0 Å². The molecule has 2 heterocycles. The van der Waals surface area contributed by atoms with Crippen molar-refractivity contribution in [2.24, 2.45) is 0 Å². The summed E-state index contributed by atoms with van der Waals surface area (Å²) in [7, 11) is -2.87. The zero-order chi connectivity index (χ0) is 15.6. The van der Waals surface area contributed by atoms with Gasteiger partial charge in [0.25, 0.3) is 10.0 Å². The lowest BCUT2D eigenvalue weighted by Crippen LogP contribution is -2.16. The number of carbonyl (C=O) groups excluding carboxylic acids is 1. The minimum atomic E-state index is -4.04. The van der Waals surface area contributed by atoms with Gasteiger partial charge >= 0.3 is 5.97 Å². The van der Waals surface area contributed by atoms with Crippen LogP contribution >= 0.6 is 34.5 Å². The lowest BCUT2D eigenvalue weighted by Gasteiger charge is -2.07. The number of rotatable bonds is 4. The number of methoxy groups -OCH3 is 1. The van der Waals surface area contributed by atoms with Crippen LogP contribution in [0.5, 0.6) is 0 Å². The number of anilines is 1. The number of hydrogen-bond acceptors (Lipinski definition) is 7. The molecule has 0 saturated heterocycles. The van der Waals surface area contributed by atoms with E-state index in [9.17, 15) is 13.2 Å². The van der Waals surface area contributed by atoms with Crippen LogP contribution in [0.3, 0.4) is 0 Å². The van der Waals surface area contributed by atoms with E-state index in [0.717, 1.165) is 18.4 Å². The maximum absolute atomic E-state index is 12.3. The van der Waals surface area contributed by atoms with Gasteiger partial charge in [-0.1, -0.05) is 11.6 Å². The Morgan fingerprint density at radius 1 is 1.38 bits per heavy atom. The largest absolute Gasteiger partial charge is 0.465 e. The van der Waals surface area contributed by atoms with E-state index in [2.05, 4.69) is 19.4 Å². The minimum Gasteiger partial charge on any atom is -0.465 e. The van der Waals surface area contributed by atoms with Gasteiger partial charge in [0.15, 0.2) is 0 Å². The van der Waals surface area contributed by atoms with Crippen molar-refractivity contribution < 1.29 is 17.9 Å². The molecule has 21 heavy (non-hydrogen) atoms. The van der Waals surface area contributed by atoms with Crippen molar-refractivity contribution in [2.45, 2.75) is 4.90 Å². The first-order valence-corrected chi connectivity index (χ1v) is 8.34. The van der Waals surface area contributed by atoms with Gasteiger partial charge in [0.2, 0.25) is 5.28 Å². The molecule has 0 unspecified atom stereocenters. The van der Waals surface area contributed by atoms with Gasteiger partial charge in [0.05, 0.1) is 7.11 Å². The van der Waals surface area contributed by atoms with E-state index in [-0.39, 0.29) is 26.0 Å². The number of carbonyl (C=O) groups is 1. The van der Waals surface area contributed by atoms with E-state index in [1.54, 1.807) is 0 Å². The molecular weight excluding hydrogens is 361 g/mol. The molecule has 1 N–H and O–H groups in total. The summed E-state index contributed by atoms with van der Waals surface area (Å²) in [6, 6.07) is 2.47.